The van der Waals surface area contributed by atoms with Crippen molar-refractivity contribution in [1.82, 2.24) is 4.98 Å². The Labute approximate surface area is 109 Å². The van der Waals surface area contributed by atoms with Crippen LogP contribution in [0.3, 0.4) is 0 Å². The molecule has 2 atom stereocenters. The maximum absolute atomic E-state index is 5.83. The first-order valence-corrected chi connectivity index (χ1v) is 6.56. The molecule has 0 radical (unpaired) electrons. The average Bonchev–Trinajstić information content (AvgIpc) is 2.39. The number of ether oxygens (including phenoxy) is 1. The van der Waals surface area contributed by atoms with Gasteiger partial charge in [-0.05, 0) is 38.3 Å². The normalized spacial score (nSPS) is 26.1. The molecule has 1 aliphatic heterocycles. The van der Waals surface area contributed by atoms with E-state index in [0.717, 1.165) is 37.3 Å². The topological polar surface area (TPSA) is 51.4 Å². The Morgan fingerprint density at radius 1 is 1.50 bits per heavy atom. The molecule has 2 heterocycles. The van der Waals surface area contributed by atoms with Gasteiger partial charge in [0.25, 0.3) is 0 Å². The number of nitrogens with zero attached hydrogens (tertiary/aromatic N) is 2. The molecule has 1 aromatic heterocycles. The molecule has 0 spiro atoms. The first-order valence-electron chi connectivity index (χ1n) is 6.56. The summed E-state index contributed by atoms with van der Waals surface area (Å²) in [5, 5.41) is 0. The maximum atomic E-state index is 5.83. The van der Waals surface area contributed by atoms with Gasteiger partial charge in [0.1, 0.15) is 5.82 Å². The van der Waals surface area contributed by atoms with Crippen LogP contribution in [0, 0.1) is 0 Å². The Kier molecular flexibility index (Phi) is 3.88. The molecule has 2 unspecified atom stereocenters. The highest BCUT2D eigenvalue weighted by Crippen LogP contribution is 2.27. The Morgan fingerprint density at radius 2 is 2.28 bits per heavy atom. The number of methoxy groups -OCH3 is 1. The first-order chi connectivity index (χ1) is 8.54. The van der Waals surface area contributed by atoms with Gasteiger partial charge in [0.05, 0.1) is 5.60 Å². The van der Waals surface area contributed by atoms with Gasteiger partial charge in [-0.1, -0.05) is 6.07 Å². The molecular weight excluding hydrogens is 226 g/mol. The number of pyridine rings is 1. The molecule has 1 fully saturated rings. The van der Waals surface area contributed by atoms with Crippen LogP contribution in [0.4, 0.5) is 5.82 Å². The van der Waals surface area contributed by atoms with Crippen LogP contribution in [0.5, 0.6) is 0 Å². The van der Waals surface area contributed by atoms with Crippen molar-refractivity contribution in [3.63, 3.8) is 0 Å². The minimum absolute atomic E-state index is 0.0390. The average molecular weight is 249 g/mol. The standard InChI is InChI=1S/C14H23N3O/c1-11(15)12-5-6-13(16-9-12)17-8-4-7-14(2,10-17)18-3/h5-6,9,11H,4,7-8,10,15H2,1-3H3. The fourth-order valence-corrected chi connectivity index (χ4v) is 2.42. The van der Waals surface area contributed by atoms with E-state index in [1.54, 1.807) is 7.11 Å². The number of piperidine rings is 1. The fraction of sp³-hybridized carbons (Fsp3) is 0.643. The third-order valence-electron chi connectivity index (χ3n) is 3.77. The summed E-state index contributed by atoms with van der Waals surface area (Å²) in [5.74, 6) is 1.02. The summed E-state index contributed by atoms with van der Waals surface area (Å²) in [4.78, 5) is 6.80. The quantitative estimate of drug-likeness (QED) is 0.891. The predicted octanol–water partition coefficient (Wildman–Crippen LogP) is 2.11. The Bertz CT molecular complexity index is 391. The third kappa shape index (κ3) is 2.82. The molecule has 0 aromatic carbocycles. The van der Waals surface area contributed by atoms with E-state index in [0.29, 0.717) is 0 Å². The molecule has 0 saturated carbocycles. The van der Waals surface area contributed by atoms with Crippen molar-refractivity contribution in [3.05, 3.63) is 23.9 Å². The summed E-state index contributed by atoms with van der Waals surface area (Å²) in [6.07, 6.45) is 4.12. The number of nitrogens with two attached hydrogens (primary N) is 1. The number of rotatable bonds is 3. The summed E-state index contributed by atoms with van der Waals surface area (Å²) < 4.78 is 5.60. The summed E-state index contributed by atoms with van der Waals surface area (Å²) >= 11 is 0. The van der Waals surface area contributed by atoms with E-state index in [1.807, 2.05) is 13.1 Å². The number of aromatic nitrogens is 1. The smallest absolute Gasteiger partial charge is 0.128 e. The predicted molar refractivity (Wildman–Crippen MR) is 73.7 cm³/mol. The molecule has 1 aliphatic rings. The van der Waals surface area contributed by atoms with Gasteiger partial charge in [0, 0.05) is 32.4 Å². The molecule has 4 heteroatoms. The zero-order valence-electron chi connectivity index (χ0n) is 11.5. The van der Waals surface area contributed by atoms with Crippen LogP contribution in [-0.2, 0) is 4.74 Å². The highest BCUT2D eigenvalue weighted by atomic mass is 16.5. The maximum Gasteiger partial charge on any atom is 0.128 e. The summed E-state index contributed by atoms with van der Waals surface area (Å²) in [7, 11) is 1.79. The Balaban J connectivity index is 2.11. The second-order valence-electron chi connectivity index (χ2n) is 5.42. The molecule has 1 aromatic rings. The van der Waals surface area contributed by atoms with E-state index < -0.39 is 0 Å². The highest BCUT2D eigenvalue weighted by Gasteiger charge is 2.31. The van der Waals surface area contributed by atoms with Gasteiger partial charge in [-0.15, -0.1) is 0 Å². The zero-order valence-corrected chi connectivity index (χ0v) is 11.5. The number of hydrogen-bond donors (Lipinski definition) is 1. The minimum Gasteiger partial charge on any atom is -0.377 e. The molecule has 100 valence electrons. The van der Waals surface area contributed by atoms with Crippen molar-refractivity contribution in [1.29, 1.82) is 0 Å². The number of anilines is 1. The van der Waals surface area contributed by atoms with E-state index in [1.165, 1.54) is 0 Å². The van der Waals surface area contributed by atoms with E-state index in [-0.39, 0.29) is 11.6 Å². The third-order valence-corrected chi connectivity index (χ3v) is 3.77. The minimum atomic E-state index is -0.0558. The second kappa shape index (κ2) is 5.24. The van der Waals surface area contributed by atoms with Crippen molar-refractivity contribution in [3.8, 4) is 0 Å². The summed E-state index contributed by atoms with van der Waals surface area (Å²) in [6, 6.07) is 4.16. The van der Waals surface area contributed by atoms with E-state index in [4.69, 9.17) is 10.5 Å². The van der Waals surface area contributed by atoms with E-state index in [2.05, 4.69) is 28.9 Å². The van der Waals surface area contributed by atoms with Gasteiger partial charge in [0.15, 0.2) is 0 Å². The van der Waals surface area contributed by atoms with Crippen molar-refractivity contribution < 1.29 is 4.74 Å². The monoisotopic (exact) mass is 249 g/mol. The van der Waals surface area contributed by atoms with Gasteiger partial charge in [0.2, 0.25) is 0 Å². The molecule has 0 bridgehead atoms. The largest absolute Gasteiger partial charge is 0.377 e. The van der Waals surface area contributed by atoms with Crippen LogP contribution in [0.25, 0.3) is 0 Å². The molecule has 2 rings (SSSR count). The number of hydrogen-bond acceptors (Lipinski definition) is 4. The second-order valence-corrected chi connectivity index (χ2v) is 5.42. The SMILES string of the molecule is COC1(C)CCCN(c2ccc(C(C)N)cn2)C1. The Morgan fingerprint density at radius 3 is 2.83 bits per heavy atom. The molecule has 4 nitrogen and oxygen atoms in total. The van der Waals surface area contributed by atoms with Gasteiger partial charge >= 0.3 is 0 Å². The van der Waals surface area contributed by atoms with Gasteiger partial charge < -0.3 is 15.4 Å². The first kappa shape index (κ1) is 13.3. The molecule has 2 N–H and O–H groups in total. The fourth-order valence-electron chi connectivity index (χ4n) is 2.42. The lowest BCUT2D eigenvalue weighted by molar-refractivity contribution is -0.00481. The van der Waals surface area contributed by atoms with Gasteiger partial charge in [-0.2, -0.15) is 0 Å². The lowest BCUT2D eigenvalue weighted by Gasteiger charge is -2.40. The van der Waals surface area contributed by atoms with Crippen LogP contribution < -0.4 is 10.6 Å². The van der Waals surface area contributed by atoms with Crippen molar-refractivity contribution in [2.45, 2.75) is 38.3 Å². The van der Waals surface area contributed by atoms with Crippen molar-refractivity contribution in [2.75, 3.05) is 25.1 Å². The zero-order chi connectivity index (χ0) is 13.2. The van der Waals surface area contributed by atoms with Gasteiger partial charge in [-0.3, -0.25) is 0 Å². The van der Waals surface area contributed by atoms with Crippen LogP contribution in [0.1, 0.15) is 38.3 Å². The Hall–Kier alpha value is -1.13. The van der Waals surface area contributed by atoms with Gasteiger partial charge in [-0.25, -0.2) is 4.98 Å². The van der Waals surface area contributed by atoms with Crippen LogP contribution in [-0.4, -0.2) is 30.8 Å². The summed E-state index contributed by atoms with van der Waals surface area (Å²) in [6.45, 7) is 6.08. The van der Waals surface area contributed by atoms with E-state index >= 15 is 0 Å². The van der Waals surface area contributed by atoms with Crippen LogP contribution in [0.2, 0.25) is 0 Å². The highest BCUT2D eigenvalue weighted by molar-refractivity contribution is 5.41. The van der Waals surface area contributed by atoms with Crippen molar-refractivity contribution in [2.24, 2.45) is 5.73 Å². The summed E-state index contributed by atoms with van der Waals surface area (Å²) in [5.41, 5.74) is 6.85. The molecule has 1 saturated heterocycles. The van der Waals surface area contributed by atoms with E-state index in [9.17, 15) is 0 Å². The van der Waals surface area contributed by atoms with Crippen LogP contribution in [0.15, 0.2) is 18.3 Å². The molecule has 0 aliphatic carbocycles. The van der Waals surface area contributed by atoms with Crippen LogP contribution >= 0.6 is 0 Å². The molecular formula is C14H23N3O. The lowest BCUT2D eigenvalue weighted by atomic mass is 9.95. The van der Waals surface area contributed by atoms with Crippen molar-refractivity contribution >= 4 is 5.82 Å². The molecule has 18 heavy (non-hydrogen) atoms. The lowest BCUT2D eigenvalue weighted by Crippen LogP contribution is -2.47. The molecule has 0 amide bonds.